The molecule has 0 bridgehead atoms. The number of nitrogens with two attached hydrogens (primary N) is 1. The van der Waals surface area contributed by atoms with Crippen molar-refractivity contribution in [3.05, 3.63) is 0 Å². The maximum Gasteiger partial charge on any atom is 0.139 e. The number of rotatable bonds is 3. The Morgan fingerprint density at radius 2 is 2.45 bits per heavy atom. The van der Waals surface area contributed by atoms with E-state index in [1.807, 2.05) is 7.85 Å². The van der Waals surface area contributed by atoms with Crippen LogP contribution >= 0.6 is 0 Å². The zero-order valence-electron chi connectivity index (χ0n) is 6.40. The van der Waals surface area contributed by atoms with E-state index in [0.717, 1.165) is 6.42 Å². The van der Waals surface area contributed by atoms with Gasteiger partial charge in [0.15, 0.2) is 0 Å². The van der Waals surface area contributed by atoms with Gasteiger partial charge in [-0.25, -0.2) is 10.8 Å². The average Bonchev–Trinajstić information content (AvgIpc) is 2.32. The molecule has 11 heavy (non-hydrogen) atoms. The molecule has 1 heterocycles. The lowest BCUT2D eigenvalue weighted by Crippen LogP contribution is -2.30. The summed E-state index contributed by atoms with van der Waals surface area (Å²) in [6.07, 6.45) is 0.321. The van der Waals surface area contributed by atoms with Crippen molar-refractivity contribution in [2.75, 3.05) is 6.61 Å². The van der Waals surface area contributed by atoms with E-state index in [2.05, 4.69) is 9.73 Å². The summed E-state index contributed by atoms with van der Waals surface area (Å²) in [4.78, 5) is 8.58. The molecule has 0 aliphatic carbocycles. The van der Waals surface area contributed by atoms with Gasteiger partial charge in [-0.2, -0.15) is 0 Å². The van der Waals surface area contributed by atoms with E-state index in [1.54, 1.807) is 0 Å². The Morgan fingerprint density at radius 1 is 1.73 bits per heavy atom. The van der Waals surface area contributed by atoms with Crippen LogP contribution in [0.5, 0.6) is 0 Å². The molecule has 1 fully saturated rings. The van der Waals surface area contributed by atoms with E-state index in [9.17, 15) is 0 Å². The SMILES string of the molecule is B[C@H]1C[C@@H](ON)C(COO)O1. The molecule has 0 spiro atoms. The largest absolute Gasteiger partial charge is 0.379 e. The Hall–Kier alpha value is -0.135. The highest BCUT2D eigenvalue weighted by molar-refractivity contribution is 6.11. The van der Waals surface area contributed by atoms with Crippen LogP contribution in [0.15, 0.2) is 0 Å². The van der Waals surface area contributed by atoms with Gasteiger partial charge in [-0.15, -0.1) is 0 Å². The predicted octanol–water partition coefficient (Wildman–Crippen LogP) is -1.52. The lowest BCUT2D eigenvalue weighted by atomic mass is 9.96. The normalized spacial score (nSPS) is 37.8. The highest BCUT2D eigenvalue weighted by atomic mass is 17.1. The number of hydrogen-bond acceptors (Lipinski definition) is 5. The molecule has 1 unspecified atom stereocenters. The molecule has 0 aromatic rings. The van der Waals surface area contributed by atoms with Crippen molar-refractivity contribution < 1.29 is 19.7 Å². The molecule has 3 atom stereocenters. The van der Waals surface area contributed by atoms with Crippen molar-refractivity contribution in [3.8, 4) is 0 Å². The fourth-order valence-electron chi connectivity index (χ4n) is 1.28. The predicted molar refractivity (Wildman–Crippen MR) is 39.5 cm³/mol. The third kappa shape index (κ3) is 2.15. The van der Waals surface area contributed by atoms with E-state index >= 15 is 0 Å². The van der Waals surface area contributed by atoms with E-state index in [0.29, 0.717) is 0 Å². The summed E-state index contributed by atoms with van der Waals surface area (Å²) >= 11 is 0. The maximum absolute atomic E-state index is 8.15. The van der Waals surface area contributed by atoms with Gasteiger partial charge in [-0.05, 0) is 6.42 Å². The molecule has 0 radical (unpaired) electrons. The quantitative estimate of drug-likeness (QED) is 0.299. The van der Waals surface area contributed by atoms with Crippen molar-refractivity contribution in [3.63, 3.8) is 0 Å². The third-order valence-corrected chi connectivity index (χ3v) is 1.80. The summed E-state index contributed by atoms with van der Waals surface area (Å²) in [5.74, 6) is 5.00. The zero-order chi connectivity index (χ0) is 8.27. The highest BCUT2D eigenvalue weighted by Gasteiger charge is 2.33. The topological polar surface area (TPSA) is 73.9 Å². The van der Waals surface area contributed by atoms with Gasteiger partial charge in [0.1, 0.15) is 26.7 Å². The second kappa shape index (κ2) is 4.03. The van der Waals surface area contributed by atoms with Crippen LogP contribution in [0.2, 0.25) is 0 Å². The molecule has 1 aliphatic rings. The highest BCUT2D eigenvalue weighted by Crippen LogP contribution is 2.20. The molecule has 0 saturated carbocycles. The maximum atomic E-state index is 8.15. The molecular weight excluding hydrogens is 149 g/mol. The van der Waals surface area contributed by atoms with Crippen molar-refractivity contribution in [1.29, 1.82) is 0 Å². The van der Waals surface area contributed by atoms with Gasteiger partial charge in [0.2, 0.25) is 0 Å². The molecule has 1 aliphatic heterocycles. The molecule has 1 rings (SSSR count). The monoisotopic (exact) mass is 161 g/mol. The molecule has 1 saturated heterocycles. The standard InChI is InChI=1S/C5H12BNO4/c6-5-1-3(11-7)4(10-5)2-9-8/h3-5,8H,1-2,6-7H2/t3-,4?,5-/m1/s1. The van der Waals surface area contributed by atoms with E-state index in [-0.39, 0.29) is 24.8 Å². The molecule has 0 amide bonds. The second-order valence-electron chi connectivity index (χ2n) is 2.69. The Morgan fingerprint density at radius 3 is 3.00 bits per heavy atom. The van der Waals surface area contributed by atoms with Crippen LogP contribution in [0.4, 0.5) is 0 Å². The van der Waals surface area contributed by atoms with Crippen molar-refractivity contribution in [2.24, 2.45) is 5.90 Å². The van der Waals surface area contributed by atoms with E-state index in [1.165, 1.54) is 0 Å². The molecule has 0 aromatic carbocycles. The number of ether oxygens (including phenoxy) is 1. The molecule has 3 N–H and O–H groups in total. The minimum absolute atomic E-state index is 0.103. The first kappa shape index (κ1) is 8.96. The Kier molecular flexibility index (Phi) is 3.28. The third-order valence-electron chi connectivity index (χ3n) is 1.80. The van der Waals surface area contributed by atoms with Crippen LogP contribution in [0.25, 0.3) is 0 Å². The molecule has 6 heteroatoms. The molecule has 5 nitrogen and oxygen atoms in total. The van der Waals surface area contributed by atoms with E-state index in [4.69, 9.17) is 15.9 Å². The van der Waals surface area contributed by atoms with Crippen LogP contribution in [0.3, 0.4) is 0 Å². The van der Waals surface area contributed by atoms with Gasteiger partial charge in [-0.3, -0.25) is 10.1 Å². The van der Waals surface area contributed by atoms with Crippen LogP contribution in [0.1, 0.15) is 6.42 Å². The summed E-state index contributed by atoms with van der Waals surface area (Å²) in [5.41, 5.74) is 0. The van der Waals surface area contributed by atoms with Gasteiger partial charge in [0, 0.05) is 6.00 Å². The van der Waals surface area contributed by atoms with Crippen molar-refractivity contribution >= 4 is 7.85 Å². The fourth-order valence-corrected chi connectivity index (χ4v) is 1.28. The number of hydrogen-bond donors (Lipinski definition) is 2. The second-order valence-corrected chi connectivity index (χ2v) is 2.69. The Labute approximate surface area is 65.7 Å². The van der Waals surface area contributed by atoms with Crippen LogP contribution < -0.4 is 5.90 Å². The summed E-state index contributed by atoms with van der Waals surface area (Å²) in [6.45, 7) is 0.103. The molecular formula is C5H12BNO4. The van der Waals surface area contributed by atoms with Gasteiger partial charge in [-0.1, -0.05) is 0 Å². The summed E-state index contributed by atoms with van der Waals surface area (Å²) in [7, 11) is 1.92. The smallest absolute Gasteiger partial charge is 0.139 e. The lowest BCUT2D eigenvalue weighted by Gasteiger charge is -2.13. The van der Waals surface area contributed by atoms with Gasteiger partial charge >= 0.3 is 0 Å². The minimum Gasteiger partial charge on any atom is -0.379 e. The first-order valence-corrected chi connectivity index (χ1v) is 3.55. The summed E-state index contributed by atoms with van der Waals surface area (Å²) in [6, 6.07) is 0.115. The Balaban J connectivity index is 2.37. The zero-order valence-corrected chi connectivity index (χ0v) is 6.40. The van der Waals surface area contributed by atoms with Crippen LogP contribution in [0, 0.1) is 0 Å². The van der Waals surface area contributed by atoms with E-state index < -0.39 is 0 Å². The Bertz CT molecular complexity index is 125. The fraction of sp³-hybridized carbons (Fsp3) is 1.00. The lowest BCUT2D eigenvalue weighted by molar-refractivity contribution is -0.263. The van der Waals surface area contributed by atoms with Crippen molar-refractivity contribution in [2.45, 2.75) is 24.6 Å². The van der Waals surface area contributed by atoms with Gasteiger partial charge < -0.3 is 4.74 Å². The van der Waals surface area contributed by atoms with Crippen molar-refractivity contribution in [1.82, 2.24) is 0 Å². The summed E-state index contributed by atoms with van der Waals surface area (Å²) < 4.78 is 5.32. The van der Waals surface area contributed by atoms with Crippen LogP contribution in [-0.2, 0) is 14.5 Å². The van der Waals surface area contributed by atoms with Gasteiger partial charge in [0.25, 0.3) is 0 Å². The molecule has 0 aromatic heterocycles. The molecule has 64 valence electrons. The first-order chi connectivity index (χ1) is 5.27. The minimum atomic E-state index is -0.250. The average molecular weight is 161 g/mol. The van der Waals surface area contributed by atoms with Gasteiger partial charge in [0.05, 0.1) is 0 Å². The summed E-state index contributed by atoms with van der Waals surface area (Å²) in [5, 5.41) is 8.15. The van der Waals surface area contributed by atoms with Crippen LogP contribution in [-0.4, -0.2) is 37.9 Å². The first-order valence-electron chi connectivity index (χ1n) is 3.55.